The van der Waals surface area contributed by atoms with Crippen LogP contribution < -0.4 is 0 Å². The van der Waals surface area contributed by atoms with Crippen molar-refractivity contribution in [3.63, 3.8) is 0 Å². The highest BCUT2D eigenvalue weighted by Crippen LogP contribution is 2.42. The lowest BCUT2D eigenvalue weighted by Crippen LogP contribution is -2.30. The molecular weight excluding hydrogens is 472 g/mol. The second-order valence-corrected chi connectivity index (χ2v) is 10.2. The molecule has 0 spiro atoms. The van der Waals surface area contributed by atoms with Gasteiger partial charge in [0.25, 0.3) is 0 Å². The van der Waals surface area contributed by atoms with Crippen LogP contribution in [0, 0.1) is 29.6 Å². The normalized spacial score (nSPS) is 26.3. The van der Waals surface area contributed by atoms with E-state index in [9.17, 15) is 14.4 Å². The van der Waals surface area contributed by atoms with Gasteiger partial charge in [0.05, 0.1) is 13.2 Å². The molecule has 1 aliphatic heterocycles. The van der Waals surface area contributed by atoms with Crippen molar-refractivity contribution in [3.05, 3.63) is 12.2 Å². The molecule has 1 unspecified atom stereocenters. The van der Waals surface area contributed by atoms with Crippen molar-refractivity contribution in [2.75, 3.05) is 13.7 Å². The van der Waals surface area contributed by atoms with E-state index in [2.05, 4.69) is 11.8 Å². The summed E-state index contributed by atoms with van der Waals surface area (Å²) in [7, 11) is 1.41. The zero-order valence-electron chi connectivity index (χ0n) is 23.2. The van der Waals surface area contributed by atoms with Crippen molar-refractivity contribution in [1.29, 1.82) is 0 Å². The van der Waals surface area contributed by atoms with E-state index >= 15 is 0 Å². The van der Waals surface area contributed by atoms with Crippen LogP contribution in [0.15, 0.2) is 12.2 Å². The maximum atomic E-state index is 12.8. The number of ketones is 1. The molecule has 208 valence electrons. The van der Waals surface area contributed by atoms with Gasteiger partial charge < -0.3 is 18.9 Å². The fourth-order valence-corrected chi connectivity index (χ4v) is 5.16. The first-order chi connectivity index (χ1) is 17.8. The zero-order valence-corrected chi connectivity index (χ0v) is 23.2. The van der Waals surface area contributed by atoms with Gasteiger partial charge in [0.15, 0.2) is 12.1 Å². The number of allylic oxidation sites excluding steroid dienone is 1. The minimum atomic E-state index is -0.301. The first-order valence-electron chi connectivity index (χ1n) is 14.0. The zero-order chi connectivity index (χ0) is 27.0. The monoisotopic (exact) mass is 518 g/mol. The number of carbonyl (C=O) groups is 3. The summed E-state index contributed by atoms with van der Waals surface area (Å²) in [6.45, 7) is 6.03. The van der Waals surface area contributed by atoms with Crippen molar-refractivity contribution < 1.29 is 33.3 Å². The van der Waals surface area contributed by atoms with Gasteiger partial charge in [-0.15, -0.1) is 11.8 Å². The Morgan fingerprint density at radius 1 is 1.08 bits per heavy atom. The lowest BCUT2D eigenvalue weighted by molar-refractivity contribution is -0.193. The van der Waals surface area contributed by atoms with Gasteiger partial charge in [-0.3, -0.25) is 14.4 Å². The summed E-state index contributed by atoms with van der Waals surface area (Å²) >= 11 is 0. The summed E-state index contributed by atoms with van der Waals surface area (Å²) in [4.78, 5) is 36.1. The van der Waals surface area contributed by atoms with E-state index in [4.69, 9.17) is 18.9 Å². The molecule has 0 aromatic carbocycles. The summed E-state index contributed by atoms with van der Waals surface area (Å²) in [5, 5.41) is 0. The third-order valence-corrected chi connectivity index (χ3v) is 7.22. The highest BCUT2D eigenvalue weighted by atomic mass is 16.7. The molecule has 0 amide bonds. The SMILES string of the molecule is CCC#CC[C@H](C)C(=O)/C=C/[C@@H]1[C@@H](CCCCCCC(=O)OC)[C@@H](OC(C)=O)C[C@H]1OC1CCCCO1. The second kappa shape index (κ2) is 17.4. The molecule has 6 atom stereocenters. The van der Waals surface area contributed by atoms with E-state index in [1.54, 1.807) is 6.08 Å². The van der Waals surface area contributed by atoms with Crippen molar-refractivity contribution >= 4 is 17.7 Å². The Labute approximate surface area is 223 Å². The smallest absolute Gasteiger partial charge is 0.305 e. The van der Waals surface area contributed by atoms with Crippen LogP contribution in [0.1, 0.15) is 97.8 Å². The van der Waals surface area contributed by atoms with Gasteiger partial charge in [-0.1, -0.05) is 39.2 Å². The van der Waals surface area contributed by atoms with Gasteiger partial charge in [0.1, 0.15) is 6.10 Å². The molecule has 2 rings (SSSR count). The first kappa shape index (κ1) is 31.1. The van der Waals surface area contributed by atoms with Crippen molar-refractivity contribution in [1.82, 2.24) is 0 Å². The molecule has 1 heterocycles. The standard InChI is InChI=1S/C30H46O7/c1-5-6-9-14-22(2)26(32)19-18-25-24(15-10-7-8-11-16-29(33)34-4)27(36-23(3)31)21-28(25)37-30-17-12-13-20-35-30/h18-19,22,24-25,27-28,30H,5,7-8,10-17,20-21H2,1-4H3/b19-18+/t22-,24+,25+,27-,28+,30?/m0/s1. The summed E-state index contributed by atoms with van der Waals surface area (Å²) in [5.41, 5.74) is 0. The Kier molecular flexibility index (Phi) is 14.6. The third-order valence-electron chi connectivity index (χ3n) is 7.22. The first-order valence-corrected chi connectivity index (χ1v) is 14.0. The van der Waals surface area contributed by atoms with E-state index in [1.165, 1.54) is 14.0 Å². The van der Waals surface area contributed by atoms with Crippen LogP contribution in [0.5, 0.6) is 0 Å². The van der Waals surface area contributed by atoms with Gasteiger partial charge in [-0.25, -0.2) is 0 Å². The Bertz CT molecular complexity index is 802. The van der Waals surface area contributed by atoms with Crippen LogP contribution in [-0.2, 0) is 33.3 Å². The largest absolute Gasteiger partial charge is 0.469 e. The predicted octanol–water partition coefficient (Wildman–Crippen LogP) is 5.54. The molecule has 2 aliphatic rings. The molecular formula is C30H46O7. The highest BCUT2D eigenvalue weighted by Gasteiger charge is 2.45. The third kappa shape index (κ3) is 11.4. The molecule has 7 heteroatoms. The predicted molar refractivity (Wildman–Crippen MR) is 141 cm³/mol. The Hall–Kier alpha value is -2.17. The minimum Gasteiger partial charge on any atom is -0.469 e. The van der Waals surface area contributed by atoms with Crippen LogP contribution in [-0.4, -0.2) is 49.9 Å². The van der Waals surface area contributed by atoms with E-state index in [0.29, 0.717) is 25.9 Å². The van der Waals surface area contributed by atoms with Crippen molar-refractivity contribution in [2.45, 2.75) is 116 Å². The molecule has 2 fully saturated rings. The van der Waals surface area contributed by atoms with Crippen LogP contribution in [0.4, 0.5) is 0 Å². The van der Waals surface area contributed by atoms with E-state index in [-0.39, 0.29) is 54.0 Å². The van der Waals surface area contributed by atoms with Crippen LogP contribution in [0.2, 0.25) is 0 Å². The van der Waals surface area contributed by atoms with Crippen molar-refractivity contribution in [3.8, 4) is 11.8 Å². The lowest BCUT2D eigenvalue weighted by atomic mass is 9.87. The molecule has 0 N–H and O–H groups in total. The van der Waals surface area contributed by atoms with Gasteiger partial charge in [-0.2, -0.15) is 0 Å². The molecule has 0 aromatic heterocycles. The summed E-state index contributed by atoms with van der Waals surface area (Å²) in [6, 6.07) is 0. The fourth-order valence-electron chi connectivity index (χ4n) is 5.16. The maximum Gasteiger partial charge on any atom is 0.305 e. The molecule has 1 saturated heterocycles. The topological polar surface area (TPSA) is 88.1 Å². The highest BCUT2D eigenvalue weighted by molar-refractivity contribution is 5.91. The van der Waals surface area contributed by atoms with Gasteiger partial charge in [-0.05, 0) is 38.2 Å². The number of hydrogen-bond acceptors (Lipinski definition) is 7. The van der Waals surface area contributed by atoms with E-state index < -0.39 is 0 Å². The number of esters is 2. The minimum absolute atomic E-state index is 0.0514. The number of rotatable bonds is 14. The van der Waals surface area contributed by atoms with Gasteiger partial charge in [0.2, 0.25) is 0 Å². The number of methoxy groups -OCH3 is 1. The Morgan fingerprint density at radius 3 is 2.54 bits per heavy atom. The van der Waals surface area contributed by atoms with E-state index in [1.807, 2.05) is 19.9 Å². The number of unbranched alkanes of at least 4 members (excludes halogenated alkanes) is 3. The molecule has 7 nitrogen and oxygen atoms in total. The van der Waals surface area contributed by atoms with Crippen LogP contribution in [0.25, 0.3) is 0 Å². The number of ether oxygens (including phenoxy) is 4. The lowest BCUT2D eigenvalue weighted by Gasteiger charge is -2.29. The van der Waals surface area contributed by atoms with Crippen molar-refractivity contribution in [2.24, 2.45) is 17.8 Å². The van der Waals surface area contributed by atoms with Crippen LogP contribution in [0.3, 0.4) is 0 Å². The number of hydrogen-bond donors (Lipinski definition) is 0. The molecule has 0 bridgehead atoms. The molecule has 0 radical (unpaired) electrons. The molecule has 37 heavy (non-hydrogen) atoms. The maximum absolute atomic E-state index is 12.8. The summed E-state index contributed by atoms with van der Waals surface area (Å²) < 4.78 is 22.7. The van der Waals surface area contributed by atoms with Gasteiger partial charge in [0, 0.05) is 57.0 Å². The average Bonchev–Trinajstić information content (AvgIpc) is 3.19. The summed E-state index contributed by atoms with van der Waals surface area (Å²) in [6.07, 6.45) is 12.7. The Morgan fingerprint density at radius 2 is 1.86 bits per heavy atom. The average molecular weight is 519 g/mol. The van der Waals surface area contributed by atoms with Crippen LogP contribution >= 0.6 is 0 Å². The second-order valence-electron chi connectivity index (χ2n) is 10.2. The summed E-state index contributed by atoms with van der Waals surface area (Å²) in [5.74, 6) is 5.49. The molecule has 1 saturated carbocycles. The van der Waals surface area contributed by atoms with E-state index in [0.717, 1.165) is 57.8 Å². The quantitative estimate of drug-likeness (QED) is 0.129. The molecule has 1 aliphatic carbocycles. The Balaban J connectivity index is 2.10. The van der Waals surface area contributed by atoms with Gasteiger partial charge >= 0.3 is 11.9 Å². The fraction of sp³-hybridized carbons (Fsp3) is 0.767. The molecule has 0 aromatic rings. The number of carbonyl (C=O) groups excluding carboxylic acids is 3.